The molecule has 0 atom stereocenters. The maximum Gasteiger partial charge on any atom is 0.0998 e. The Morgan fingerprint density at radius 2 is 1.29 bits per heavy atom. The van der Waals surface area contributed by atoms with Crippen LogP contribution in [0.15, 0.2) is 91.4 Å². The molecule has 3 N–H and O–H groups in total. The number of aryl methyl sites for hydroxylation is 2. The quantitative estimate of drug-likeness (QED) is 0.329. The highest BCUT2D eigenvalue weighted by Gasteiger charge is 2.02. The van der Waals surface area contributed by atoms with E-state index in [0.717, 1.165) is 32.9 Å². The van der Waals surface area contributed by atoms with Crippen LogP contribution in [0.1, 0.15) is 16.7 Å². The molecule has 0 aliphatic heterocycles. The van der Waals surface area contributed by atoms with Gasteiger partial charge in [0.05, 0.1) is 23.3 Å². The van der Waals surface area contributed by atoms with Crippen LogP contribution >= 0.6 is 0 Å². The van der Waals surface area contributed by atoms with Crippen LogP contribution in [0.3, 0.4) is 0 Å². The predicted octanol–water partition coefficient (Wildman–Crippen LogP) is 5.73. The van der Waals surface area contributed by atoms with E-state index >= 15 is 0 Å². The van der Waals surface area contributed by atoms with Crippen LogP contribution in [0.4, 0.5) is 0 Å². The molecule has 172 valence electrons. The summed E-state index contributed by atoms with van der Waals surface area (Å²) < 4.78 is 4.12. The van der Waals surface area contributed by atoms with Gasteiger partial charge in [0.15, 0.2) is 0 Å². The number of benzene rings is 3. The standard InChI is InChI=1S/C10H12N2.C10H8N2.C9H6N2/c2*1-12-6-5-9-8(7-11)3-2-4-10(9)12;10-6-7-2-1-3-9-8(7)4-5-11-9/h2-6H,7,11H2,1H3;2-6H,1H3;1-5,11H. The number of nitrogens with one attached hydrogen (secondary N) is 1. The molecule has 0 radical (unpaired) electrons. The van der Waals surface area contributed by atoms with Gasteiger partial charge in [0.25, 0.3) is 0 Å². The lowest BCUT2D eigenvalue weighted by Crippen LogP contribution is -1.96. The van der Waals surface area contributed by atoms with E-state index in [0.29, 0.717) is 6.54 Å². The van der Waals surface area contributed by atoms with Crippen LogP contribution in [-0.4, -0.2) is 14.1 Å². The van der Waals surface area contributed by atoms with Crippen molar-refractivity contribution in [1.29, 1.82) is 10.5 Å². The Balaban J connectivity index is 0.000000124. The van der Waals surface area contributed by atoms with E-state index in [2.05, 4.69) is 46.1 Å². The van der Waals surface area contributed by atoms with Gasteiger partial charge in [0.1, 0.15) is 0 Å². The van der Waals surface area contributed by atoms with Gasteiger partial charge in [0.2, 0.25) is 0 Å². The lowest BCUT2D eigenvalue weighted by molar-refractivity contribution is 0.968. The highest BCUT2D eigenvalue weighted by atomic mass is 14.9. The van der Waals surface area contributed by atoms with Crippen LogP contribution in [0.5, 0.6) is 0 Å². The first-order chi connectivity index (χ1) is 17.1. The van der Waals surface area contributed by atoms with Crippen LogP contribution in [-0.2, 0) is 20.6 Å². The molecule has 0 bridgehead atoms. The number of rotatable bonds is 1. The Morgan fingerprint density at radius 1 is 0.714 bits per heavy atom. The van der Waals surface area contributed by atoms with Crippen molar-refractivity contribution in [2.75, 3.05) is 0 Å². The number of aromatic nitrogens is 3. The molecule has 0 spiro atoms. The SMILES string of the molecule is Cn1ccc2c(C#N)cccc21.Cn1ccc2c(CN)cccc21.N#Cc1cccc2[nH]ccc12. The van der Waals surface area contributed by atoms with Crippen molar-refractivity contribution in [3.63, 3.8) is 0 Å². The maximum atomic E-state index is 8.79. The monoisotopic (exact) mass is 458 g/mol. The number of fused-ring (bicyclic) bond motifs is 3. The van der Waals surface area contributed by atoms with E-state index in [-0.39, 0.29) is 0 Å². The lowest BCUT2D eigenvalue weighted by atomic mass is 10.1. The Bertz CT molecular complexity index is 1680. The van der Waals surface area contributed by atoms with E-state index in [1.54, 1.807) is 0 Å². The van der Waals surface area contributed by atoms with Crippen molar-refractivity contribution >= 4 is 32.7 Å². The Hall–Kier alpha value is -4.78. The third-order valence-electron chi connectivity index (χ3n) is 6.00. The summed E-state index contributed by atoms with van der Waals surface area (Å²) in [5.41, 5.74) is 11.7. The predicted molar refractivity (Wildman–Crippen MR) is 141 cm³/mol. The molecule has 6 heteroatoms. The molecule has 3 aromatic carbocycles. The summed E-state index contributed by atoms with van der Waals surface area (Å²) in [6, 6.07) is 27.9. The average Bonchev–Trinajstić information content (AvgIpc) is 3.63. The van der Waals surface area contributed by atoms with Gasteiger partial charge in [-0.1, -0.05) is 24.3 Å². The summed E-state index contributed by atoms with van der Waals surface area (Å²) in [5, 5.41) is 20.8. The summed E-state index contributed by atoms with van der Waals surface area (Å²) in [6.45, 7) is 0.612. The smallest absolute Gasteiger partial charge is 0.0998 e. The normalized spacial score (nSPS) is 10.2. The highest BCUT2D eigenvalue weighted by Crippen LogP contribution is 2.19. The molecular weight excluding hydrogens is 432 g/mol. The van der Waals surface area contributed by atoms with Crippen LogP contribution in [0.2, 0.25) is 0 Å². The summed E-state index contributed by atoms with van der Waals surface area (Å²) in [5.74, 6) is 0. The van der Waals surface area contributed by atoms with Gasteiger partial charge >= 0.3 is 0 Å². The third-order valence-corrected chi connectivity index (χ3v) is 6.00. The summed E-state index contributed by atoms with van der Waals surface area (Å²) in [6.07, 6.45) is 5.86. The minimum Gasteiger partial charge on any atom is -0.361 e. The van der Waals surface area contributed by atoms with Crippen molar-refractivity contribution in [2.45, 2.75) is 6.54 Å². The number of H-pyrrole nitrogens is 1. The van der Waals surface area contributed by atoms with Gasteiger partial charge < -0.3 is 19.9 Å². The van der Waals surface area contributed by atoms with E-state index < -0.39 is 0 Å². The number of nitrogens with two attached hydrogens (primary N) is 1. The zero-order chi connectivity index (χ0) is 24.8. The van der Waals surface area contributed by atoms with Crippen molar-refractivity contribution in [2.24, 2.45) is 19.8 Å². The Labute approximate surface area is 204 Å². The molecule has 0 aliphatic carbocycles. The van der Waals surface area contributed by atoms with Gasteiger partial charge in [-0.3, -0.25) is 0 Å². The second kappa shape index (κ2) is 10.4. The molecule has 0 unspecified atom stereocenters. The Morgan fingerprint density at radius 3 is 1.94 bits per heavy atom. The zero-order valence-electron chi connectivity index (χ0n) is 19.7. The average molecular weight is 459 g/mol. The fraction of sp³-hybridized carbons (Fsp3) is 0.103. The molecule has 0 fully saturated rings. The van der Waals surface area contributed by atoms with E-state index in [9.17, 15) is 0 Å². The van der Waals surface area contributed by atoms with Crippen LogP contribution in [0, 0.1) is 22.7 Å². The fourth-order valence-corrected chi connectivity index (χ4v) is 4.13. The van der Waals surface area contributed by atoms with Crippen molar-refractivity contribution in [1.82, 2.24) is 14.1 Å². The van der Waals surface area contributed by atoms with E-state index in [4.69, 9.17) is 16.3 Å². The Kier molecular flexibility index (Phi) is 6.97. The van der Waals surface area contributed by atoms with Gasteiger partial charge in [-0.2, -0.15) is 10.5 Å². The first kappa shape index (κ1) is 23.4. The first-order valence-corrected chi connectivity index (χ1v) is 11.2. The summed E-state index contributed by atoms with van der Waals surface area (Å²) in [7, 11) is 4.02. The third kappa shape index (κ3) is 4.79. The van der Waals surface area contributed by atoms with Gasteiger partial charge in [-0.25, -0.2) is 0 Å². The van der Waals surface area contributed by atoms with Crippen LogP contribution in [0.25, 0.3) is 32.7 Å². The fourth-order valence-electron chi connectivity index (χ4n) is 4.13. The lowest BCUT2D eigenvalue weighted by Gasteiger charge is -1.99. The van der Waals surface area contributed by atoms with E-state index in [1.807, 2.05) is 85.7 Å². The zero-order valence-corrected chi connectivity index (χ0v) is 19.7. The number of nitrogens with zero attached hydrogens (tertiary/aromatic N) is 4. The second-order valence-electron chi connectivity index (χ2n) is 8.11. The molecule has 0 aliphatic rings. The first-order valence-electron chi connectivity index (χ1n) is 11.2. The number of nitriles is 2. The van der Waals surface area contributed by atoms with Crippen LogP contribution < -0.4 is 5.73 Å². The van der Waals surface area contributed by atoms with Crippen molar-refractivity contribution in [3.05, 3.63) is 108 Å². The minimum absolute atomic E-state index is 0.612. The molecule has 3 heterocycles. The topological polar surface area (TPSA) is 99.2 Å². The van der Waals surface area contributed by atoms with Gasteiger partial charge in [0, 0.05) is 71.9 Å². The number of hydrogen-bond donors (Lipinski definition) is 2. The van der Waals surface area contributed by atoms with Crippen molar-refractivity contribution < 1.29 is 0 Å². The number of hydrogen-bond acceptors (Lipinski definition) is 3. The van der Waals surface area contributed by atoms with Gasteiger partial charge in [-0.05, 0) is 54.1 Å². The summed E-state index contributed by atoms with van der Waals surface area (Å²) in [4.78, 5) is 3.04. The molecule has 6 nitrogen and oxygen atoms in total. The molecular formula is C29H26N6. The largest absolute Gasteiger partial charge is 0.361 e. The molecule has 0 saturated heterocycles. The number of aromatic amines is 1. The molecule has 35 heavy (non-hydrogen) atoms. The molecule has 0 amide bonds. The molecule has 3 aromatic heterocycles. The van der Waals surface area contributed by atoms with Gasteiger partial charge in [-0.15, -0.1) is 0 Å². The second-order valence-corrected chi connectivity index (χ2v) is 8.11. The molecule has 6 rings (SSSR count). The van der Waals surface area contributed by atoms with E-state index in [1.165, 1.54) is 16.5 Å². The highest BCUT2D eigenvalue weighted by molar-refractivity contribution is 5.86. The summed E-state index contributed by atoms with van der Waals surface area (Å²) >= 11 is 0. The molecule has 0 saturated carbocycles. The minimum atomic E-state index is 0.612. The maximum absolute atomic E-state index is 8.79. The van der Waals surface area contributed by atoms with Crippen molar-refractivity contribution in [3.8, 4) is 12.1 Å². The molecule has 6 aromatic rings.